The van der Waals surface area contributed by atoms with Crippen molar-refractivity contribution in [1.29, 1.82) is 0 Å². The molecule has 1 rings (SSSR count). The second kappa shape index (κ2) is 8.24. The molecule has 4 nitrogen and oxygen atoms in total. The van der Waals surface area contributed by atoms with Crippen molar-refractivity contribution in [3.8, 4) is 0 Å². The summed E-state index contributed by atoms with van der Waals surface area (Å²) >= 11 is 1.62. The Morgan fingerprint density at radius 3 is 2.43 bits per heavy atom. The van der Waals surface area contributed by atoms with Crippen molar-refractivity contribution in [2.75, 3.05) is 17.3 Å². The molecule has 0 aliphatic heterocycles. The first-order valence-electron chi connectivity index (χ1n) is 6.93. The molecule has 8 heteroatoms. The van der Waals surface area contributed by atoms with Crippen molar-refractivity contribution in [2.24, 2.45) is 0 Å². The topological polar surface area (TPSA) is 58.2 Å². The molecule has 23 heavy (non-hydrogen) atoms. The van der Waals surface area contributed by atoms with Crippen LogP contribution in [0.25, 0.3) is 0 Å². The lowest BCUT2D eigenvalue weighted by Gasteiger charge is -2.16. The molecule has 1 aromatic rings. The standard InChI is InChI=1S/C15H19F3N2O2S/c1-9(4-5-23-3)19-14(22)11-6-12(15(16,17)18)8-13(7-11)20-10(2)21/h6-9H,4-5H2,1-3H3,(H,19,22)(H,20,21)/t9-/m1/s1. The molecule has 0 unspecified atom stereocenters. The van der Waals surface area contributed by atoms with Crippen LogP contribution in [0.2, 0.25) is 0 Å². The van der Waals surface area contributed by atoms with Gasteiger partial charge in [0, 0.05) is 24.2 Å². The summed E-state index contributed by atoms with van der Waals surface area (Å²) in [6, 6.07) is 2.65. The molecule has 0 heterocycles. The second-order valence-electron chi connectivity index (χ2n) is 5.13. The van der Waals surface area contributed by atoms with Gasteiger partial charge in [0.2, 0.25) is 5.91 Å². The van der Waals surface area contributed by atoms with Crippen LogP contribution in [0.1, 0.15) is 36.2 Å². The lowest BCUT2D eigenvalue weighted by molar-refractivity contribution is -0.137. The number of alkyl halides is 3. The van der Waals surface area contributed by atoms with Crippen molar-refractivity contribution in [1.82, 2.24) is 5.32 Å². The zero-order valence-electron chi connectivity index (χ0n) is 13.1. The Kier molecular flexibility index (Phi) is 6.93. The van der Waals surface area contributed by atoms with Gasteiger partial charge in [-0.25, -0.2) is 0 Å². The summed E-state index contributed by atoms with van der Waals surface area (Å²) in [5.74, 6) is -0.276. The lowest BCUT2D eigenvalue weighted by atomic mass is 10.1. The number of benzene rings is 1. The van der Waals surface area contributed by atoms with Gasteiger partial charge >= 0.3 is 6.18 Å². The fraction of sp³-hybridized carbons (Fsp3) is 0.467. The van der Waals surface area contributed by atoms with Crippen molar-refractivity contribution < 1.29 is 22.8 Å². The monoisotopic (exact) mass is 348 g/mol. The van der Waals surface area contributed by atoms with Crippen LogP contribution in [0.3, 0.4) is 0 Å². The largest absolute Gasteiger partial charge is 0.416 e. The van der Waals surface area contributed by atoms with E-state index in [-0.39, 0.29) is 17.3 Å². The molecule has 2 amide bonds. The minimum atomic E-state index is -4.60. The van der Waals surface area contributed by atoms with Crippen molar-refractivity contribution in [3.63, 3.8) is 0 Å². The Bertz CT molecular complexity index is 576. The van der Waals surface area contributed by atoms with Crippen LogP contribution in [0.5, 0.6) is 0 Å². The number of thioether (sulfide) groups is 1. The first-order valence-corrected chi connectivity index (χ1v) is 8.32. The quantitative estimate of drug-likeness (QED) is 0.827. The molecule has 0 aliphatic rings. The van der Waals surface area contributed by atoms with Crippen molar-refractivity contribution >= 4 is 29.3 Å². The molecule has 0 aliphatic carbocycles. The summed E-state index contributed by atoms with van der Waals surface area (Å²) in [5.41, 5.74) is -1.18. The highest BCUT2D eigenvalue weighted by Gasteiger charge is 2.32. The fourth-order valence-electron chi connectivity index (χ4n) is 1.87. The molecule has 128 valence electrons. The van der Waals surface area contributed by atoms with Crippen LogP contribution in [0.4, 0.5) is 18.9 Å². The van der Waals surface area contributed by atoms with Gasteiger partial charge in [-0.3, -0.25) is 9.59 Å². The van der Waals surface area contributed by atoms with E-state index in [1.807, 2.05) is 6.26 Å². The van der Waals surface area contributed by atoms with Crippen LogP contribution >= 0.6 is 11.8 Å². The minimum absolute atomic E-state index is 0.0609. The van der Waals surface area contributed by atoms with Crippen LogP contribution in [-0.4, -0.2) is 29.9 Å². The van der Waals surface area contributed by atoms with Crippen LogP contribution in [-0.2, 0) is 11.0 Å². The second-order valence-corrected chi connectivity index (χ2v) is 6.12. The van der Waals surface area contributed by atoms with Gasteiger partial charge in [0.25, 0.3) is 5.91 Å². The van der Waals surface area contributed by atoms with E-state index in [0.29, 0.717) is 6.42 Å². The Morgan fingerprint density at radius 1 is 1.26 bits per heavy atom. The maximum Gasteiger partial charge on any atom is 0.416 e. The van der Waals surface area contributed by atoms with Gasteiger partial charge in [-0.1, -0.05) is 0 Å². The minimum Gasteiger partial charge on any atom is -0.350 e. The van der Waals surface area contributed by atoms with E-state index in [2.05, 4.69) is 10.6 Å². The zero-order valence-corrected chi connectivity index (χ0v) is 13.9. The number of rotatable bonds is 6. The predicted molar refractivity (Wildman–Crippen MR) is 85.7 cm³/mol. The molecular weight excluding hydrogens is 329 g/mol. The third-order valence-electron chi connectivity index (χ3n) is 2.98. The summed E-state index contributed by atoms with van der Waals surface area (Å²) < 4.78 is 38.8. The molecular formula is C15H19F3N2O2S. The highest BCUT2D eigenvalue weighted by atomic mass is 32.2. The summed E-state index contributed by atoms with van der Waals surface area (Å²) in [6.45, 7) is 2.97. The summed E-state index contributed by atoms with van der Waals surface area (Å²) in [4.78, 5) is 23.2. The van der Waals surface area contributed by atoms with E-state index in [0.717, 1.165) is 17.9 Å². The molecule has 0 spiro atoms. The Labute approximate surface area is 137 Å². The molecule has 0 saturated carbocycles. The van der Waals surface area contributed by atoms with Crippen molar-refractivity contribution in [3.05, 3.63) is 29.3 Å². The van der Waals surface area contributed by atoms with E-state index >= 15 is 0 Å². The lowest BCUT2D eigenvalue weighted by Crippen LogP contribution is -2.33. The van der Waals surface area contributed by atoms with Gasteiger partial charge < -0.3 is 10.6 Å². The van der Waals surface area contributed by atoms with Gasteiger partial charge in [-0.15, -0.1) is 0 Å². The van der Waals surface area contributed by atoms with Gasteiger partial charge in [0.05, 0.1) is 5.56 Å². The molecule has 0 fully saturated rings. The number of carbonyl (C=O) groups excluding carboxylic acids is 2. The third kappa shape index (κ3) is 6.52. The number of halogens is 3. The highest BCUT2D eigenvalue weighted by molar-refractivity contribution is 7.98. The molecule has 0 radical (unpaired) electrons. The van der Waals surface area contributed by atoms with E-state index in [1.54, 1.807) is 18.7 Å². The molecule has 0 saturated heterocycles. The van der Waals surface area contributed by atoms with Crippen LogP contribution in [0.15, 0.2) is 18.2 Å². The number of nitrogens with one attached hydrogen (secondary N) is 2. The fourth-order valence-corrected chi connectivity index (χ4v) is 2.46. The molecule has 0 aromatic heterocycles. The maximum absolute atomic E-state index is 12.9. The Balaban J connectivity index is 3.04. The van der Waals surface area contributed by atoms with Gasteiger partial charge in [-0.05, 0) is 43.6 Å². The van der Waals surface area contributed by atoms with Gasteiger partial charge in [0.1, 0.15) is 0 Å². The van der Waals surface area contributed by atoms with E-state index in [4.69, 9.17) is 0 Å². The predicted octanol–water partition coefficient (Wildman–Crippen LogP) is 3.54. The number of amides is 2. The number of carbonyl (C=O) groups is 2. The smallest absolute Gasteiger partial charge is 0.350 e. The first kappa shape index (κ1) is 19.3. The summed E-state index contributed by atoms with van der Waals surface area (Å²) in [7, 11) is 0. The normalized spacial score (nSPS) is 12.6. The Hall–Kier alpha value is -1.70. The molecule has 2 N–H and O–H groups in total. The maximum atomic E-state index is 12.9. The summed E-state index contributed by atoms with van der Waals surface area (Å²) in [6.07, 6.45) is -1.96. The van der Waals surface area contributed by atoms with Gasteiger partial charge in [-0.2, -0.15) is 24.9 Å². The third-order valence-corrected chi connectivity index (χ3v) is 3.62. The van der Waals surface area contributed by atoms with Crippen LogP contribution < -0.4 is 10.6 Å². The molecule has 1 aromatic carbocycles. The molecule has 1 atom stereocenters. The SMILES string of the molecule is CSCC[C@@H](C)NC(=O)c1cc(NC(C)=O)cc(C(F)(F)F)c1. The molecule has 0 bridgehead atoms. The van der Waals surface area contributed by atoms with Crippen LogP contribution in [0, 0.1) is 0 Å². The Morgan fingerprint density at radius 2 is 1.91 bits per heavy atom. The average Bonchev–Trinajstić information content (AvgIpc) is 2.43. The number of hydrogen-bond donors (Lipinski definition) is 2. The van der Waals surface area contributed by atoms with E-state index in [9.17, 15) is 22.8 Å². The number of hydrogen-bond acceptors (Lipinski definition) is 3. The zero-order chi connectivity index (χ0) is 17.6. The van der Waals surface area contributed by atoms with E-state index < -0.39 is 23.6 Å². The number of anilines is 1. The average molecular weight is 348 g/mol. The summed E-state index contributed by atoms with van der Waals surface area (Å²) in [5, 5.41) is 4.94. The highest BCUT2D eigenvalue weighted by Crippen LogP contribution is 2.32. The van der Waals surface area contributed by atoms with Crippen molar-refractivity contribution in [2.45, 2.75) is 32.5 Å². The van der Waals surface area contributed by atoms with E-state index in [1.165, 1.54) is 13.0 Å². The first-order chi connectivity index (χ1) is 10.6. The van der Waals surface area contributed by atoms with Gasteiger partial charge in [0.15, 0.2) is 0 Å².